The molecule has 0 aromatic heterocycles. The van der Waals surface area contributed by atoms with E-state index in [2.05, 4.69) is 4.90 Å². The molecule has 1 saturated heterocycles. The number of rotatable bonds is 5. The van der Waals surface area contributed by atoms with E-state index in [4.69, 9.17) is 21.1 Å². The fraction of sp³-hybridized carbons (Fsp3) is 0.500. The molecule has 0 saturated carbocycles. The lowest BCUT2D eigenvalue weighted by Crippen LogP contribution is -2.64. The van der Waals surface area contributed by atoms with Crippen LogP contribution < -0.4 is 0 Å². The topological polar surface area (TPSA) is 55.8 Å². The van der Waals surface area contributed by atoms with Crippen LogP contribution in [0.15, 0.2) is 36.4 Å². The van der Waals surface area contributed by atoms with Crippen LogP contribution in [0, 0.1) is 5.92 Å². The number of morpholine rings is 1. The summed E-state index contributed by atoms with van der Waals surface area (Å²) < 4.78 is 10.9. The Hall–Kier alpha value is -1.69. The predicted octanol–water partition coefficient (Wildman–Crippen LogP) is 3.12. The molecule has 2 atom stereocenters. The molecule has 1 fully saturated rings. The number of ketones is 1. The van der Waals surface area contributed by atoms with Crippen molar-refractivity contribution in [2.75, 3.05) is 32.9 Å². The van der Waals surface area contributed by atoms with Crippen molar-refractivity contribution in [2.45, 2.75) is 25.3 Å². The zero-order chi connectivity index (χ0) is 18.6. The largest absolute Gasteiger partial charge is 0.465 e. The van der Waals surface area contributed by atoms with Crippen molar-refractivity contribution in [3.05, 3.63) is 47.0 Å². The molecule has 2 aliphatic rings. The van der Waals surface area contributed by atoms with Crippen LogP contribution in [0.2, 0.25) is 5.02 Å². The van der Waals surface area contributed by atoms with Crippen LogP contribution >= 0.6 is 11.6 Å². The molecular formula is C20H24ClNO4. The second kappa shape index (κ2) is 8.33. The fourth-order valence-electron chi connectivity index (χ4n) is 3.89. The molecule has 6 heteroatoms. The lowest BCUT2D eigenvalue weighted by molar-refractivity contribution is -0.165. The van der Waals surface area contributed by atoms with Gasteiger partial charge >= 0.3 is 5.97 Å². The second-order valence-corrected chi connectivity index (χ2v) is 7.02. The molecule has 0 radical (unpaired) electrons. The Morgan fingerprint density at radius 2 is 1.92 bits per heavy atom. The van der Waals surface area contributed by atoms with Crippen molar-refractivity contribution >= 4 is 23.4 Å². The van der Waals surface area contributed by atoms with E-state index in [1.165, 1.54) is 0 Å². The van der Waals surface area contributed by atoms with Crippen LogP contribution in [-0.4, -0.2) is 55.1 Å². The van der Waals surface area contributed by atoms with Gasteiger partial charge in [0.05, 0.1) is 25.7 Å². The van der Waals surface area contributed by atoms with Gasteiger partial charge in [-0.2, -0.15) is 0 Å². The van der Waals surface area contributed by atoms with E-state index in [1.807, 2.05) is 12.2 Å². The molecular weight excluding hydrogens is 354 g/mol. The summed E-state index contributed by atoms with van der Waals surface area (Å²) in [7, 11) is 0. The number of benzene rings is 1. The minimum absolute atomic E-state index is 0.0504. The number of ether oxygens (including phenoxy) is 2. The highest BCUT2D eigenvalue weighted by Crippen LogP contribution is 2.39. The van der Waals surface area contributed by atoms with E-state index >= 15 is 0 Å². The average Bonchev–Trinajstić information content (AvgIpc) is 2.68. The van der Waals surface area contributed by atoms with E-state index in [9.17, 15) is 9.59 Å². The van der Waals surface area contributed by atoms with E-state index in [0.29, 0.717) is 49.7 Å². The van der Waals surface area contributed by atoms with Gasteiger partial charge in [-0.05, 0) is 44.0 Å². The molecule has 3 rings (SSSR count). The molecule has 2 unspecified atom stereocenters. The first-order valence-corrected chi connectivity index (χ1v) is 9.42. The van der Waals surface area contributed by atoms with Crippen molar-refractivity contribution in [1.29, 1.82) is 0 Å². The molecule has 1 heterocycles. The lowest BCUT2D eigenvalue weighted by Gasteiger charge is -2.48. The molecule has 5 nitrogen and oxygen atoms in total. The van der Waals surface area contributed by atoms with Crippen molar-refractivity contribution in [3.8, 4) is 0 Å². The fourth-order valence-corrected chi connectivity index (χ4v) is 4.02. The summed E-state index contributed by atoms with van der Waals surface area (Å²) in [6, 6.07) is 6.85. The highest BCUT2D eigenvalue weighted by atomic mass is 35.5. The van der Waals surface area contributed by atoms with Crippen molar-refractivity contribution in [3.63, 3.8) is 0 Å². The molecule has 1 aromatic rings. The van der Waals surface area contributed by atoms with E-state index < -0.39 is 11.5 Å². The zero-order valence-electron chi connectivity index (χ0n) is 14.9. The Kier molecular flexibility index (Phi) is 6.12. The maximum Gasteiger partial charge on any atom is 0.327 e. The number of Topliss-reactive ketones (excluding diaryl/α,β-unsaturated/α-hetero) is 1. The molecule has 1 aromatic carbocycles. The third-order valence-electron chi connectivity index (χ3n) is 5.19. The summed E-state index contributed by atoms with van der Waals surface area (Å²) in [4.78, 5) is 28.5. The van der Waals surface area contributed by atoms with E-state index in [1.54, 1.807) is 31.2 Å². The van der Waals surface area contributed by atoms with Gasteiger partial charge in [0, 0.05) is 23.7 Å². The minimum atomic E-state index is -0.981. The monoisotopic (exact) mass is 377 g/mol. The van der Waals surface area contributed by atoms with Gasteiger partial charge in [-0.15, -0.1) is 0 Å². The first-order chi connectivity index (χ1) is 12.6. The predicted molar refractivity (Wildman–Crippen MR) is 99.4 cm³/mol. The number of carbonyl (C=O) groups excluding carboxylic acids is 2. The molecule has 0 spiro atoms. The quantitative estimate of drug-likeness (QED) is 0.448. The molecule has 1 aliphatic heterocycles. The number of carbonyl (C=O) groups is 2. The van der Waals surface area contributed by atoms with Crippen LogP contribution in [0.4, 0.5) is 0 Å². The number of nitrogens with zero attached hydrogens (tertiary/aromatic N) is 1. The standard InChI is InChI=1S/C20H24ClNO4/c1-2-26-19(24)20(22-11-13-25-14-12-22)10-4-3-5-17(20)18(23)15-6-8-16(21)9-7-15/h3-4,6-9,17H,2,5,10-14H2,1H3. The molecule has 0 amide bonds. The third kappa shape index (κ3) is 3.56. The molecule has 0 bridgehead atoms. The van der Waals surface area contributed by atoms with Crippen molar-refractivity contribution in [1.82, 2.24) is 4.90 Å². The first kappa shape index (κ1) is 19.1. The van der Waals surface area contributed by atoms with E-state index in [-0.39, 0.29) is 18.4 Å². The van der Waals surface area contributed by atoms with Gasteiger partial charge in [-0.3, -0.25) is 14.5 Å². The highest BCUT2D eigenvalue weighted by Gasteiger charge is 2.54. The smallest absolute Gasteiger partial charge is 0.327 e. The molecule has 0 N–H and O–H groups in total. The maximum absolute atomic E-state index is 13.3. The summed E-state index contributed by atoms with van der Waals surface area (Å²) in [5, 5.41) is 0.579. The Morgan fingerprint density at radius 3 is 2.58 bits per heavy atom. The number of allylic oxidation sites excluding steroid dienone is 1. The van der Waals surface area contributed by atoms with Gasteiger partial charge in [0.1, 0.15) is 5.54 Å². The number of halogens is 1. The van der Waals surface area contributed by atoms with Crippen LogP contribution in [-0.2, 0) is 14.3 Å². The Labute approximate surface area is 158 Å². The Bertz CT molecular complexity index is 682. The third-order valence-corrected chi connectivity index (χ3v) is 5.45. The lowest BCUT2D eigenvalue weighted by atomic mass is 9.70. The van der Waals surface area contributed by atoms with Gasteiger partial charge < -0.3 is 9.47 Å². The summed E-state index contributed by atoms with van der Waals surface area (Å²) in [5.41, 5.74) is -0.415. The SMILES string of the molecule is CCOC(=O)C1(N2CCOCC2)CC=CCC1C(=O)c1ccc(Cl)cc1. The van der Waals surface area contributed by atoms with Gasteiger partial charge in [0.15, 0.2) is 5.78 Å². The molecule has 1 aliphatic carbocycles. The minimum Gasteiger partial charge on any atom is -0.465 e. The van der Waals surface area contributed by atoms with Crippen molar-refractivity contribution < 1.29 is 19.1 Å². The van der Waals surface area contributed by atoms with Crippen LogP contribution in [0.1, 0.15) is 30.1 Å². The Balaban J connectivity index is 2.00. The van der Waals surface area contributed by atoms with Crippen LogP contribution in [0.25, 0.3) is 0 Å². The van der Waals surface area contributed by atoms with Gasteiger partial charge in [0.25, 0.3) is 0 Å². The summed E-state index contributed by atoms with van der Waals surface area (Å²) in [6.07, 6.45) is 4.95. The molecule has 140 valence electrons. The van der Waals surface area contributed by atoms with Crippen LogP contribution in [0.3, 0.4) is 0 Å². The normalized spacial score (nSPS) is 26.5. The summed E-state index contributed by atoms with van der Waals surface area (Å²) in [5.74, 6) is -0.866. The van der Waals surface area contributed by atoms with Crippen molar-refractivity contribution in [2.24, 2.45) is 5.92 Å². The number of esters is 1. The highest BCUT2D eigenvalue weighted by molar-refractivity contribution is 6.30. The van der Waals surface area contributed by atoms with Gasteiger partial charge in [-0.1, -0.05) is 23.8 Å². The first-order valence-electron chi connectivity index (χ1n) is 9.04. The number of hydrogen-bond donors (Lipinski definition) is 0. The average molecular weight is 378 g/mol. The van der Waals surface area contributed by atoms with E-state index in [0.717, 1.165) is 0 Å². The summed E-state index contributed by atoms with van der Waals surface area (Å²) in [6.45, 7) is 4.39. The zero-order valence-corrected chi connectivity index (χ0v) is 15.7. The van der Waals surface area contributed by atoms with Gasteiger partial charge in [-0.25, -0.2) is 0 Å². The Morgan fingerprint density at radius 1 is 1.23 bits per heavy atom. The van der Waals surface area contributed by atoms with Crippen LogP contribution in [0.5, 0.6) is 0 Å². The van der Waals surface area contributed by atoms with Gasteiger partial charge in [0.2, 0.25) is 0 Å². The molecule has 26 heavy (non-hydrogen) atoms. The second-order valence-electron chi connectivity index (χ2n) is 6.58. The summed E-state index contributed by atoms with van der Waals surface area (Å²) >= 11 is 5.95. The number of hydrogen-bond acceptors (Lipinski definition) is 5. The maximum atomic E-state index is 13.3.